The Morgan fingerprint density at radius 2 is 1.87 bits per heavy atom. The summed E-state index contributed by atoms with van der Waals surface area (Å²) in [5.74, 6) is -1.32. The number of tetrazole rings is 1. The number of esters is 2. The van der Waals surface area contributed by atoms with E-state index in [2.05, 4.69) is 26.2 Å². The summed E-state index contributed by atoms with van der Waals surface area (Å²) in [5.41, 5.74) is 1.77. The van der Waals surface area contributed by atoms with Crippen LogP contribution in [0.1, 0.15) is 43.1 Å². The van der Waals surface area contributed by atoms with Gasteiger partial charge >= 0.3 is 11.9 Å². The number of nitrogens with one attached hydrogen (secondary N) is 2. The van der Waals surface area contributed by atoms with E-state index in [1.165, 1.54) is 24.2 Å². The number of carbonyl (C=O) groups excluding carboxylic acids is 3. The molecule has 0 saturated carbocycles. The minimum Gasteiger partial charge on any atom is -0.469 e. The molecule has 3 aromatic rings. The summed E-state index contributed by atoms with van der Waals surface area (Å²) in [4.78, 5) is 36.9. The van der Waals surface area contributed by atoms with Crippen LogP contribution >= 0.6 is 11.6 Å². The lowest BCUT2D eigenvalue weighted by Gasteiger charge is -2.20. The Labute approximate surface area is 225 Å². The van der Waals surface area contributed by atoms with E-state index in [4.69, 9.17) is 21.1 Å². The average Bonchev–Trinajstić information content (AvgIpc) is 3.40. The van der Waals surface area contributed by atoms with Gasteiger partial charge in [-0.3, -0.25) is 9.59 Å². The molecule has 0 radical (unpaired) electrons. The van der Waals surface area contributed by atoms with E-state index in [-0.39, 0.29) is 13.0 Å². The highest BCUT2D eigenvalue weighted by atomic mass is 35.5. The second kappa shape index (κ2) is 12.8. The molecule has 2 N–H and O–H groups in total. The molecule has 11 nitrogen and oxygen atoms in total. The summed E-state index contributed by atoms with van der Waals surface area (Å²) in [7, 11) is 1.28. The lowest BCUT2D eigenvalue weighted by molar-refractivity contribution is -0.141. The van der Waals surface area contributed by atoms with Crippen molar-refractivity contribution in [3.8, 4) is 5.69 Å². The van der Waals surface area contributed by atoms with E-state index in [1.54, 1.807) is 69.3 Å². The van der Waals surface area contributed by atoms with Gasteiger partial charge in [-0.25, -0.2) is 4.79 Å². The first-order valence-corrected chi connectivity index (χ1v) is 12.1. The van der Waals surface area contributed by atoms with Crippen molar-refractivity contribution in [2.75, 3.05) is 19.0 Å². The number of amides is 1. The SMILES string of the molecule is COC(=O)C[C@@H](CNc1ccc(C(=O)OC(C)(C)C)cc1)NC(=O)/C=C/c1cc(Cl)ccc1-n1cnnn1. The van der Waals surface area contributed by atoms with Crippen LogP contribution in [0.25, 0.3) is 11.8 Å². The molecule has 0 spiro atoms. The van der Waals surface area contributed by atoms with Gasteiger partial charge < -0.3 is 20.1 Å². The van der Waals surface area contributed by atoms with Gasteiger partial charge in [0.05, 0.1) is 30.8 Å². The highest BCUT2D eigenvalue weighted by molar-refractivity contribution is 6.30. The molecule has 0 aliphatic heterocycles. The average molecular weight is 541 g/mol. The molecule has 0 bridgehead atoms. The summed E-state index contributed by atoms with van der Waals surface area (Å²) in [6.45, 7) is 5.63. The third kappa shape index (κ3) is 8.70. The molecule has 0 aliphatic rings. The number of hydrogen-bond donors (Lipinski definition) is 2. The predicted molar refractivity (Wildman–Crippen MR) is 142 cm³/mol. The number of hydrogen-bond acceptors (Lipinski definition) is 9. The number of ether oxygens (including phenoxy) is 2. The molecule has 1 aromatic heterocycles. The van der Waals surface area contributed by atoms with Gasteiger partial charge in [0.15, 0.2) is 0 Å². The minimum absolute atomic E-state index is 0.0495. The van der Waals surface area contributed by atoms with Gasteiger partial charge in [0.1, 0.15) is 11.9 Å². The highest BCUT2D eigenvalue weighted by Gasteiger charge is 2.19. The van der Waals surface area contributed by atoms with E-state index >= 15 is 0 Å². The Morgan fingerprint density at radius 3 is 2.50 bits per heavy atom. The molecular formula is C26H29ClN6O5. The van der Waals surface area contributed by atoms with E-state index in [0.29, 0.717) is 27.5 Å². The monoisotopic (exact) mass is 540 g/mol. The van der Waals surface area contributed by atoms with Crippen LogP contribution in [0, 0.1) is 0 Å². The molecule has 200 valence electrons. The Hall–Kier alpha value is -4.25. The Bertz CT molecular complexity index is 1290. The first-order valence-electron chi connectivity index (χ1n) is 11.7. The standard InChI is InChI=1S/C26H29ClN6O5/c1-26(2,3)38-25(36)17-5-9-20(10-6-17)28-15-21(14-24(35)37-4)30-23(34)12-7-18-13-19(27)8-11-22(18)33-16-29-31-32-33/h5-13,16,21,28H,14-15H2,1-4H3,(H,30,34)/b12-7+/t21-/m0/s1. The van der Waals surface area contributed by atoms with Gasteiger partial charge in [0.25, 0.3) is 0 Å². The first kappa shape index (κ1) is 28.3. The van der Waals surface area contributed by atoms with Crippen LogP contribution in [-0.4, -0.2) is 63.4 Å². The molecule has 1 atom stereocenters. The van der Waals surface area contributed by atoms with E-state index in [1.807, 2.05) is 0 Å². The molecule has 0 fully saturated rings. The van der Waals surface area contributed by atoms with Gasteiger partial charge in [-0.15, -0.1) is 5.10 Å². The van der Waals surface area contributed by atoms with Crippen molar-refractivity contribution < 1.29 is 23.9 Å². The fourth-order valence-electron chi connectivity index (χ4n) is 3.31. The van der Waals surface area contributed by atoms with Crippen LogP contribution in [-0.2, 0) is 19.1 Å². The Kier molecular flexibility index (Phi) is 9.55. The van der Waals surface area contributed by atoms with E-state index in [9.17, 15) is 14.4 Å². The number of halogens is 1. The Balaban J connectivity index is 1.65. The molecule has 1 amide bonds. The predicted octanol–water partition coefficient (Wildman–Crippen LogP) is 3.44. The quantitative estimate of drug-likeness (QED) is 0.292. The van der Waals surface area contributed by atoms with E-state index < -0.39 is 29.5 Å². The zero-order chi connectivity index (χ0) is 27.7. The smallest absolute Gasteiger partial charge is 0.338 e. The Morgan fingerprint density at radius 1 is 1.13 bits per heavy atom. The maximum absolute atomic E-state index is 12.7. The highest BCUT2D eigenvalue weighted by Crippen LogP contribution is 2.20. The maximum Gasteiger partial charge on any atom is 0.338 e. The van der Waals surface area contributed by atoms with Gasteiger partial charge in [0.2, 0.25) is 5.91 Å². The van der Waals surface area contributed by atoms with Crippen LogP contribution in [0.2, 0.25) is 5.02 Å². The summed E-state index contributed by atoms with van der Waals surface area (Å²) >= 11 is 6.13. The molecule has 38 heavy (non-hydrogen) atoms. The summed E-state index contributed by atoms with van der Waals surface area (Å²) in [5, 5.41) is 17.6. The molecule has 0 saturated heterocycles. The minimum atomic E-state index is -0.594. The second-order valence-electron chi connectivity index (χ2n) is 9.24. The molecule has 2 aromatic carbocycles. The maximum atomic E-state index is 12.7. The molecule has 0 unspecified atom stereocenters. The lowest BCUT2D eigenvalue weighted by atomic mass is 10.1. The summed E-state index contributed by atoms with van der Waals surface area (Å²) in [6.07, 6.45) is 4.29. The fraction of sp³-hybridized carbons (Fsp3) is 0.308. The summed E-state index contributed by atoms with van der Waals surface area (Å²) < 4.78 is 11.6. The topological polar surface area (TPSA) is 137 Å². The van der Waals surface area contributed by atoms with Crippen molar-refractivity contribution in [1.82, 2.24) is 25.5 Å². The molecule has 12 heteroatoms. The van der Waals surface area contributed by atoms with Crippen LogP contribution in [0.4, 0.5) is 5.69 Å². The zero-order valence-corrected chi connectivity index (χ0v) is 22.2. The third-order valence-corrected chi connectivity index (χ3v) is 5.29. The fourth-order valence-corrected chi connectivity index (χ4v) is 3.50. The van der Waals surface area contributed by atoms with Crippen LogP contribution in [0.3, 0.4) is 0 Å². The molecule has 3 rings (SSSR count). The van der Waals surface area contributed by atoms with Crippen LogP contribution in [0.5, 0.6) is 0 Å². The number of nitrogens with zero attached hydrogens (tertiary/aromatic N) is 4. The van der Waals surface area contributed by atoms with Gasteiger partial charge in [-0.1, -0.05) is 11.6 Å². The van der Waals surface area contributed by atoms with Crippen molar-refractivity contribution in [2.45, 2.75) is 38.8 Å². The number of anilines is 1. The van der Waals surface area contributed by atoms with E-state index in [0.717, 1.165) is 0 Å². The lowest BCUT2D eigenvalue weighted by Crippen LogP contribution is -2.40. The number of benzene rings is 2. The first-order chi connectivity index (χ1) is 18.0. The largest absolute Gasteiger partial charge is 0.469 e. The van der Waals surface area contributed by atoms with Gasteiger partial charge in [0, 0.05) is 28.9 Å². The molecule has 0 aliphatic carbocycles. The van der Waals surface area contributed by atoms with Crippen molar-refractivity contribution in [2.24, 2.45) is 0 Å². The van der Waals surface area contributed by atoms with Gasteiger partial charge in [-0.05, 0) is 79.7 Å². The third-order valence-electron chi connectivity index (χ3n) is 5.06. The van der Waals surface area contributed by atoms with Crippen molar-refractivity contribution in [3.05, 3.63) is 71.0 Å². The van der Waals surface area contributed by atoms with Crippen molar-refractivity contribution in [3.63, 3.8) is 0 Å². The normalized spacial score (nSPS) is 12.1. The number of methoxy groups -OCH3 is 1. The van der Waals surface area contributed by atoms with Crippen LogP contribution in [0.15, 0.2) is 54.9 Å². The number of aromatic nitrogens is 4. The molecule has 1 heterocycles. The second-order valence-corrected chi connectivity index (χ2v) is 9.67. The molecular weight excluding hydrogens is 512 g/mol. The zero-order valence-electron chi connectivity index (χ0n) is 21.5. The number of carbonyl (C=O) groups is 3. The van der Waals surface area contributed by atoms with Gasteiger partial charge in [-0.2, -0.15) is 4.68 Å². The van der Waals surface area contributed by atoms with Crippen LogP contribution < -0.4 is 10.6 Å². The van der Waals surface area contributed by atoms with Crippen molar-refractivity contribution >= 4 is 41.2 Å². The van der Waals surface area contributed by atoms with Crippen molar-refractivity contribution in [1.29, 1.82) is 0 Å². The summed E-state index contributed by atoms with van der Waals surface area (Å²) in [6, 6.07) is 11.2. The number of rotatable bonds is 10.